The third-order valence-corrected chi connectivity index (χ3v) is 15.9. The molecule has 2 fully saturated rings. The van der Waals surface area contributed by atoms with Crippen molar-refractivity contribution in [3.63, 3.8) is 0 Å². The van der Waals surface area contributed by atoms with Gasteiger partial charge in [0.1, 0.15) is 54.4 Å². The van der Waals surface area contributed by atoms with Crippen LogP contribution >= 0.6 is 0 Å². The molecule has 4 aromatic heterocycles. The number of imidazole rings is 2. The summed E-state index contributed by atoms with van der Waals surface area (Å²) >= 11 is 0. The van der Waals surface area contributed by atoms with Crippen LogP contribution in [-0.4, -0.2) is 214 Å². The molecule has 6 heterocycles. The quantitative estimate of drug-likeness (QED) is 0.0181. The Morgan fingerprint density at radius 1 is 0.612 bits per heavy atom. The van der Waals surface area contributed by atoms with Crippen molar-refractivity contribution in [2.45, 2.75) is 138 Å². The van der Waals surface area contributed by atoms with E-state index < -0.39 is 158 Å². The lowest BCUT2D eigenvalue weighted by molar-refractivity contribution is -0.192. The molecule has 0 bridgehead atoms. The molecular formula is C61H75F3N18O16. The molecule has 6 aromatic rings. The number of fused-ring (bicyclic) bond motifs is 2. The molecule has 2 aromatic carbocycles. The minimum atomic E-state index is -5.08. The van der Waals surface area contributed by atoms with Crippen LogP contribution in [0.3, 0.4) is 0 Å². The van der Waals surface area contributed by atoms with Crippen LogP contribution in [0.15, 0.2) is 86.0 Å². The van der Waals surface area contributed by atoms with Crippen LogP contribution in [0.4, 0.5) is 13.2 Å². The zero-order chi connectivity index (χ0) is 71.2. The molecule has 0 unspecified atom stereocenters. The fraction of sp³-hybridized carbons (Fsp3) is 0.426. The van der Waals surface area contributed by atoms with Crippen LogP contribution in [0.25, 0.3) is 21.8 Å². The minimum Gasteiger partial charge on any atom is -0.481 e. The van der Waals surface area contributed by atoms with Gasteiger partial charge in [-0.15, -0.1) is 0 Å². The molecule has 2 aliphatic heterocycles. The van der Waals surface area contributed by atoms with Crippen molar-refractivity contribution < 1.29 is 90.8 Å². The number of nitrogens with two attached hydrogens (primary N) is 2. The molecule has 9 atom stereocenters. The van der Waals surface area contributed by atoms with Gasteiger partial charge in [-0.05, 0) is 68.3 Å². The number of hydrogen-bond donors (Lipinski definition) is 18. The monoisotopic (exact) mass is 1370 g/mol. The molecule has 2 aliphatic rings. The first-order valence-corrected chi connectivity index (χ1v) is 30.9. The zero-order valence-corrected chi connectivity index (χ0v) is 52.4. The van der Waals surface area contributed by atoms with Gasteiger partial charge in [0, 0.05) is 96.6 Å². The van der Waals surface area contributed by atoms with E-state index in [4.69, 9.17) is 21.4 Å². The third-order valence-electron chi connectivity index (χ3n) is 15.9. The fourth-order valence-electron chi connectivity index (χ4n) is 11.0. The summed E-state index contributed by atoms with van der Waals surface area (Å²) in [6, 6.07) is 0.988. The number of H-pyrrole nitrogens is 4. The van der Waals surface area contributed by atoms with Crippen LogP contribution < -0.4 is 59.3 Å². The summed E-state index contributed by atoms with van der Waals surface area (Å²) in [6.07, 6.45) is 3.23. The van der Waals surface area contributed by atoms with Gasteiger partial charge < -0.3 is 99.5 Å². The van der Waals surface area contributed by atoms with Gasteiger partial charge in [-0.2, -0.15) is 13.2 Å². The lowest BCUT2D eigenvalue weighted by Crippen LogP contribution is -2.61. The molecule has 20 N–H and O–H groups in total. The molecule has 11 amide bonds. The Kier molecular flexibility index (Phi) is 26.5. The van der Waals surface area contributed by atoms with Gasteiger partial charge in [-0.3, -0.25) is 57.5 Å². The third kappa shape index (κ3) is 21.1. The topological polar surface area (TPSA) is 535 Å². The zero-order valence-electron chi connectivity index (χ0n) is 52.4. The first-order chi connectivity index (χ1) is 46.7. The van der Waals surface area contributed by atoms with Crippen LogP contribution in [0, 0.1) is 0 Å². The van der Waals surface area contributed by atoms with Crippen molar-refractivity contribution >= 4 is 98.7 Å². The molecule has 0 aliphatic carbocycles. The average molecular weight is 1370 g/mol. The van der Waals surface area contributed by atoms with Crippen molar-refractivity contribution in [1.29, 1.82) is 0 Å². The number of aromatic nitrogens is 6. The maximum absolute atomic E-state index is 14.7. The van der Waals surface area contributed by atoms with Gasteiger partial charge in [-0.1, -0.05) is 36.4 Å². The summed E-state index contributed by atoms with van der Waals surface area (Å²) in [6.45, 7) is -1.17. The largest absolute Gasteiger partial charge is 0.490 e. The molecule has 2 saturated heterocycles. The van der Waals surface area contributed by atoms with Gasteiger partial charge in [0.05, 0.1) is 32.2 Å². The van der Waals surface area contributed by atoms with Crippen molar-refractivity contribution in [1.82, 2.24) is 82.7 Å². The number of nitrogens with zero attached hydrogens (tertiary/aromatic N) is 3. The van der Waals surface area contributed by atoms with Gasteiger partial charge in [0.2, 0.25) is 65.0 Å². The number of carbonyl (C=O) groups excluding carboxylic acids is 11. The molecular weight excluding hydrogens is 1300 g/mol. The van der Waals surface area contributed by atoms with E-state index in [0.717, 1.165) is 0 Å². The Morgan fingerprint density at radius 3 is 1.54 bits per heavy atom. The van der Waals surface area contributed by atoms with Crippen molar-refractivity contribution in [2.75, 3.05) is 26.2 Å². The van der Waals surface area contributed by atoms with Crippen molar-refractivity contribution in [3.8, 4) is 0 Å². The highest BCUT2D eigenvalue weighted by molar-refractivity contribution is 6.00. The maximum Gasteiger partial charge on any atom is 0.490 e. The average Bonchev–Trinajstić information content (AvgIpc) is 1.64. The fourth-order valence-corrected chi connectivity index (χ4v) is 11.0. The summed E-state index contributed by atoms with van der Waals surface area (Å²) < 4.78 is 31.7. The van der Waals surface area contributed by atoms with E-state index in [9.17, 15) is 80.9 Å². The Balaban J connectivity index is 0.00000183. The number of primary amides is 1. The number of rotatable bonds is 33. The highest BCUT2D eigenvalue weighted by Gasteiger charge is 2.41. The summed E-state index contributed by atoms with van der Waals surface area (Å²) in [7, 11) is 0. The van der Waals surface area contributed by atoms with E-state index in [1.54, 1.807) is 60.9 Å². The predicted octanol–water partition coefficient (Wildman–Crippen LogP) is -3.14. The first kappa shape index (κ1) is 74.2. The predicted molar refractivity (Wildman–Crippen MR) is 336 cm³/mol. The SMILES string of the molecule is NCCCC[C@H](NC(=O)[C@H](Cc1c[nH]c2ccccc12)NC(=O)[C@H](CC(=O)O)NC(=O)[C@H](Cc1cnc[nH]1)NC(=O)[C@H](CO)NC(=O)[C@H](Cc1c[nH]c2ccccc12)NC(=O)[C@H](Cc1cnc[nH]1)NC(=O)[C@@H]1CCC(=O)N1)C(=O)N1CCC[C@H]1C(=O)NCC(N)=O.O=C(O)C(F)(F)F. The highest BCUT2D eigenvalue weighted by atomic mass is 19.4. The highest BCUT2D eigenvalue weighted by Crippen LogP contribution is 2.24. The van der Waals surface area contributed by atoms with E-state index in [2.05, 4.69) is 77.8 Å². The van der Waals surface area contributed by atoms with E-state index >= 15 is 0 Å². The summed E-state index contributed by atoms with van der Waals surface area (Å²) in [5, 5.41) is 52.3. The van der Waals surface area contributed by atoms with E-state index in [0.29, 0.717) is 57.9 Å². The molecule has 0 spiro atoms. The molecule has 8 rings (SSSR count). The lowest BCUT2D eigenvalue weighted by Gasteiger charge is -2.30. The number of unbranched alkanes of at least 4 members (excludes halogenated alkanes) is 1. The standard InChI is InChI=1S/C59H74N18O14.C2HF3O2/c60-16-6-5-12-40(59(91)77-17-7-13-47(77)58(90)66-27-48(61)79)70-52(84)41(18-31-23-64-37-10-3-1-8-35(31)37)72-56(88)45(22-50(81)82)75-55(87)44(21-34-26-63-30-68-34)74-57(89)46(28-78)76-53(85)42(19-32-24-65-38-11-4-2-9-36(32)38)71-54(86)43(20-33-25-62-29-67-33)73-51(83)39-14-15-49(80)69-39;3-2(4,5)1(6)7/h1-4,8-11,23-26,29-30,39-47,64-65,78H,5-7,12-22,27-28,60H2,(H2,61,79)(H,62,67)(H,63,68)(H,66,90)(H,69,80)(H,70,84)(H,71,86)(H,72,88)(H,73,83)(H,74,89)(H,75,87)(H,76,85)(H,81,82);(H,6,7)/t39-,40-,41-,42-,43-,44-,45-,46-,47-;/m0./s1. The summed E-state index contributed by atoms with van der Waals surface area (Å²) in [5.41, 5.74) is 14.1. The van der Waals surface area contributed by atoms with E-state index in [1.807, 2.05) is 0 Å². The molecule has 34 nitrogen and oxygen atoms in total. The smallest absolute Gasteiger partial charge is 0.481 e. The minimum absolute atomic E-state index is 0.0461. The number of aliphatic hydroxyl groups is 1. The second-order valence-corrected chi connectivity index (χ2v) is 23.0. The van der Waals surface area contributed by atoms with Crippen molar-refractivity contribution in [3.05, 3.63) is 108 Å². The number of alkyl halides is 3. The van der Waals surface area contributed by atoms with Gasteiger partial charge in [0.15, 0.2) is 0 Å². The number of benzene rings is 2. The number of halogens is 3. The number of carboxylic acid groups (broad SMARTS) is 2. The number of aromatic amines is 4. The van der Waals surface area contributed by atoms with Crippen molar-refractivity contribution in [2.24, 2.45) is 11.5 Å². The Hall–Kier alpha value is -11.2. The Morgan fingerprint density at radius 2 is 1.08 bits per heavy atom. The van der Waals surface area contributed by atoms with Crippen LogP contribution in [0.5, 0.6) is 0 Å². The molecule has 0 saturated carbocycles. The number of carbonyl (C=O) groups is 13. The normalized spacial score (nSPS) is 16.5. The summed E-state index contributed by atoms with van der Waals surface area (Å²) in [5.74, 6) is -13.6. The lowest BCUT2D eigenvalue weighted by atomic mass is 10.0. The number of nitrogens with one attached hydrogen (secondary N) is 13. The molecule has 0 radical (unpaired) electrons. The second kappa shape index (κ2) is 35.0. The number of aliphatic hydroxyl groups excluding tert-OH is 1. The Bertz CT molecular complexity index is 3820. The number of para-hydroxylation sites is 2. The maximum atomic E-state index is 14.7. The van der Waals surface area contributed by atoms with Crippen LogP contribution in [0.2, 0.25) is 0 Å². The first-order valence-electron chi connectivity index (χ1n) is 30.9. The number of hydrogen-bond acceptors (Lipinski definition) is 17. The Labute approximate surface area is 554 Å². The number of likely N-dealkylation sites (tertiary alicyclic amines) is 1. The van der Waals surface area contributed by atoms with Crippen LogP contribution in [-0.2, 0) is 88.0 Å². The number of aliphatic carboxylic acids is 2. The molecule has 37 heteroatoms. The van der Waals surface area contributed by atoms with Crippen LogP contribution in [0.1, 0.15) is 73.9 Å². The van der Waals surface area contributed by atoms with E-state index in [1.165, 1.54) is 29.9 Å². The van der Waals surface area contributed by atoms with E-state index in [-0.39, 0.29) is 69.6 Å². The molecule has 526 valence electrons. The second-order valence-electron chi connectivity index (χ2n) is 23.0. The van der Waals surface area contributed by atoms with Gasteiger partial charge >= 0.3 is 18.1 Å². The van der Waals surface area contributed by atoms with Gasteiger partial charge in [0.25, 0.3) is 0 Å². The van der Waals surface area contributed by atoms with Gasteiger partial charge in [-0.25, -0.2) is 14.8 Å². The molecule has 98 heavy (non-hydrogen) atoms. The number of carboxylic acids is 2. The number of amides is 11. The summed E-state index contributed by atoms with van der Waals surface area (Å²) in [4.78, 5) is 194.